The normalized spacial score (nSPS) is 28.0. The fraction of sp³-hybridized carbons (Fsp3) is 0.625. The largest absolute Gasteiger partial charge is 0.322 e. The number of nitrogens with zero attached hydrogens (tertiary/aromatic N) is 2. The second kappa shape index (κ2) is 8.71. The van der Waals surface area contributed by atoms with E-state index in [0.29, 0.717) is 18.5 Å². The average molecular weight is 425 g/mol. The van der Waals surface area contributed by atoms with Crippen molar-refractivity contribution in [3.05, 3.63) is 34.9 Å². The number of carbonyl (C=O) groups excluding carboxylic acids is 3. The van der Waals surface area contributed by atoms with Crippen molar-refractivity contribution in [2.45, 2.75) is 57.7 Å². The Labute approximate surface area is 183 Å². The van der Waals surface area contributed by atoms with Gasteiger partial charge in [0.25, 0.3) is 5.91 Å². The van der Waals surface area contributed by atoms with E-state index in [4.69, 9.17) is 0 Å². The monoisotopic (exact) mass is 424 g/mol. The summed E-state index contributed by atoms with van der Waals surface area (Å²) in [5.41, 5.74) is 2.97. The topological polar surface area (TPSA) is 81.8 Å². The highest BCUT2D eigenvalue weighted by atomic mass is 16.2. The van der Waals surface area contributed by atoms with E-state index in [0.717, 1.165) is 50.1 Å². The van der Waals surface area contributed by atoms with Crippen LogP contribution in [0.25, 0.3) is 0 Å². The van der Waals surface area contributed by atoms with E-state index in [2.05, 4.69) is 21.6 Å². The summed E-state index contributed by atoms with van der Waals surface area (Å²) in [5, 5.41) is 5.86. The molecule has 0 spiro atoms. The summed E-state index contributed by atoms with van der Waals surface area (Å²) >= 11 is 0. The average Bonchev–Trinajstić information content (AvgIpc) is 3.12. The number of benzene rings is 1. The van der Waals surface area contributed by atoms with Gasteiger partial charge in [0.2, 0.25) is 11.8 Å². The molecule has 3 fully saturated rings. The van der Waals surface area contributed by atoms with Crippen LogP contribution in [-0.4, -0.2) is 59.7 Å². The zero-order valence-electron chi connectivity index (χ0n) is 18.1. The number of imide groups is 1. The lowest BCUT2D eigenvalue weighted by Crippen LogP contribution is -2.52. The molecule has 2 unspecified atom stereocenters. The van der Waals surface area contributed by atoms with Crippen molar-refractivity contribution in [3.8, 4) is 0 Å². The second-order valence-electron chi connectivity index (χ2n) is 9.57. The smallest absolute Gasteiger partial charge is 0.255 e. The van der Waals surface area contributed by atoms with Crippen LogP contribution in [0.15, 0.2) is 18.2 Å². The maximum Gasteiger partial charge on any atom is 0.255 e. The lowest BCUT2D eigenvalue weighted by atomic mass is 9.80. The van der Waals surface area contributed by atoms with E-state index in [1.807, 2.05) is 12.1 Å². The van der Waals surface area contributed by atoms with Gasteiger partial charge in [-0.05, 0) is 80.8 Å². The van der Waals surface area contributed by atoms with Crippen LogP contribution in [-0.2, 0) is 22.7 Å². The minimum absolute atomic E-state index is 0.0856. The van der Waals surface area contributed by atoms with E-state index in [-0.39, 0.29) is 24.1 Å². The summed E-state index contributed by atoms with van der Waals surface area (Å²) in [6.07, 6.45) is 5.84. The van der Waals surface area contributed by atoms with Gasteiger partial charge in [0.05, 0.1) is 0 Å². The van der Waals surface area contributed by atoms with Crippen LogP contribution in [0, 0.1) is 11.8 Å². The zero-order chi connectivity index (χ0) is 21.4. The summed E-state index contributed by atoms with van der Waals surface area (Å²) in [4.78, 5) is 41.1. The molecule has 166 valence electrons. The Bertz CT molecular complexity index is 880. The van der Waals surface area contributed by atoms with Crippen LogP contribution in [0.5, 0.6) is 0 Å². The summed E-state index contributed by atoms with van der Waals surface area (Å²) in [6.45, 7) is 5.86. The molecule has 0 radical (unpaired) electrons. The van der Waals surface area contributed by atoms with Gasteiger partial charge in [-0.3, -0.25) is 24.6 Å². The standard InChI is InChI=1S/C24H32N4O3/c29-22-7-6-21(23(30)26-22)28-15-20-18(3-1-5-19(20)24(28)31)14-27-12-2-4-17(13-27)16-8-10-25-11-9-16/h1,3,5,16-17,21,25H,2,4,6-15H2,(H,26,29,30). The number of piperidine rings is 3. The maximum absolute atomic E-state index is 13.1. The van der Waals surface area contributed by atoms with Crippen LogP contribution in [0.4, 0.5) is 0 Å². The molecule has 4 aliphatic rings. The minimum Gasteiger partial charge on any atom is -0.322 e. The molecule has 7 nitrogen and oxygen atoms in total. The van der Waals surface area contributed by atoms with Crippen LogP contribution in [0.3, 0.4) is 0 Å². The first-order valence-corrected chi connectivity index (χ1v) is 11.8. The summed E-state index contributed by atoms with van der Waals surface area (Å²) in [6, 6.07) is 5.42. The van der Waals surface area contributed by atoms with E-state index in [9.17, 15) is 14.4 Å². The number of likely N-dealkylation sites (tertiary alicyclic amines) is 1. The first-order valence-electron chi connectivity index (χ1n) is 11.8. The molecule has 3 saturated heterocycles. The number of amides is 3. The van der Waals surface area contributed by atoms with Gasteiger partial charge in [0.1, 0.15) is 6.04 Å². The fourth-order valence-electron chi connectivity index (χ4n) is 5.97. The number of fused-ring (bicyclic) bond motifs is 1. The maximum atomic E-state index is 13.1. The summed E-state index contributed by atoms with van der Waals surface area (Å²) in [7, 11) is 0. The second-order valence-corrected chi connectivity index (χ2v) is 9.57. The molecule has 0 saturated carbocycles. The fourth-order valence-corrected chi connectivity index (χ4v) is 5.97. The van der Waals surface area contributed by atoms with Crippen molar-refractivity contribution in [2.75, 3.05) is 26.2 Å². The van der Waals surface area contributed by atoms with Crippen molar-refractivity contribution in [1.29, 1.82) is 0 Å². The molecule has 3 amide bonds. The highest BCUT2D eigenvalue weighted by molar-refractivity contribution is 6.05. The number of nitrogens with one attached hydrogen (secondary N) is 2. The van der Waals surface area contributed by atoms with Gasteiger partial charge in [0.15, 0.2) is 0 Å². The van der Waals surface area contributed by atoms with Gasteiger partial charge < -0.3 is 10.2 Å². The third kappa shape index (κ3) is 4.13. The molecule has 2 atom stereocenters. The van der Waals surface area contributed by atoms with Crippen LogP contribution >= 0.6 is 0 Å². The van der Waals surface area contributed by atoms with Gasteiger partial charge in [0, 0.05) is 31.6 Å². The third-order valence-electron chi connectivity index (χ3n) is 7.67. The predicted octanol–water partition coefficient (Wildman–Crippen LogP) is 1.66. The van der Waals surface area contributed by atoms with E-state index < -0.39 is 6.04 Å². The quantitative estimate of drug-likeness (QED) is 0.719. The number of rotatable bonds is 4. The molecule has 2 N–H and O–H groups in total. The Hall–Kier alpha value is -2.25. The van der Waals surface area contributed by atoms with Crippen LogP contribution < -0.4 is 10.6 Å². The first kappa shape index (κ1) is 20.6. The van der Waals surface area contributed by atoms with Gasteiger partial charge >= 0.3 is 0 Å². The van der Waals surface area contributed by atoms with Crippen molar-refractivity contribution < 1.29 is 14.4 Å². The Morgan fingerprint density at radius 2 is 1.84 bits per heavy atom. The first-order chi connectivity index (χ1) is 15.1. The van der Waals surface area contributed by atoms with Crippen LogP contribution in [0.1, 0.15) is 60.0 Å². The van der Waals surface area contributed by atoms with Crippen molar-refractivity contribution in [1.82, 2.24) is 20.4 Å². The Morgan fingerprint density at radius 1 is 1.00 bits per heavy atom. The van der Waals surface area contributed by atoms with Crippen LogP contribution in [0.2, 0.25) is 0 Å². The predicted molar refractivity (Wildman–Crippen MR) is 116 cm³/mol. The van der Waals surface area contributed by atoms with Gasteiger partial charge in [-0.1, -0.05) is 12.1 Å². The zero-order valence-corrected chi connectivity index (χ0v) is 18.1. The Balaban J connectivity index is 1.29. The highest BCUT2D eigenvalue weighted by Gasteiger charge is 2.40. The number of hydrogen-bond acceptors (Lipinski definition) is 5. The van der Waals surface area contributed by atoms with E-state index in [1.54, 1.807) is 4.90 Å². The molecule has 0 bridgehead atoms. The molecule has 0 aromatic heterocycles. The molecule has 4 aliphatic heterocycles. The van der Waals surface area contributed by atoms with E-state index in [1.165, 1.54) is 31.2 Å². The molecule has 31 heavy (non-hydrogen) atoms. The van der Waals surface area contributed by atoms with Gasteiger partial charge in [-0.15, -0.1) is 0 Å². The third-order valence-corrected chi connectivity index (χ3v) is 7.67. The molecule has 1 aromatic carbocycles. The lowest BCUT2D eigenvalue weighted by Gasteiger charge is -2.39. The SMILES string of the molecule is O=C1CCC(N2Cc3c(CN4CCCC(C5CCNCC5)C4)cccc3C2=O)C(=O)N1. The summed E-state index contributed by atoms with van der Waals surface area (Å²) < 4.78 is 0. The summed E-state index contributed by atoms with van der Waals surface area (Å²) in [5.74, 6) is 0.918. The molecular formula is C24H32N4O3. The molecule has 1 aromatic rings. The Morgan fingerprint density at radius 3 is 2.65 bits per heavy atom. The number of carbonyl (C=O) groups is 3. The van der Waals surface area contributed by atoms with Crippen molar-refractivity contribution in [3.63, 3.8) is 0 Å². The lowest BCUT2D eigenvalue weighted by molar-refractivity contribution is -0.136. The number of hydrogen-bond donors (Lipinski definition) is 2. The highest BCUT2D eigenvalue weighted by Crippen LogP contribution is 2.33. The molecule has 5 rings (SSSR count). The molecule has 0 aliphatic carbocycles. The van der Waals surface area contributed by atoms with Gasteiger partial charge in [-0.25, -0.2) is 0 Å². The molecule has 4 heterocycles. The Kier molecular flexibility index (Phi) is 5.80. The minimum atomic E-state index is -0.551. The van der Waals surface area contributed by atoms with Crippen molar-refractivity contribution in [2.24, 2.45) is 11.8 Å². The van der Waals surface area contributed by atoms with E-state index >= 15 is 0 Å². The van der Waals surface area contributed by atoms with Crippen molar-refractivity contribution >= 4 is 17.7 Å². The molecular weight excluding hydrogens is 392 g/mol. The van der Waals surface area contributed by atoms with Gasteiger partial charge in [-0.2, -0.15) is 0 Å². The molecule has 7 heteroatoms.